The highest BCUT2D eigenvalue weighted by atomic mass is 16.5. The number of hydrogen-bond donors (Lipinski definition) is 1. The zero-order chi connectivity index (χ0) is 12.4. The standard InChI is InChI=1S/C14H19NO3/c1-2-15-13-9-17-14-7-10(3-4-12(13)14)18-11-5-6-16-8-11/h3-4,7,11,13,15H,2,5-6,8-9H2,1H3. The van der Waals surface area contributed by atoms with E-state index in [0.717, 1.165) is 31.1 Å². The van der Waals surface area contributed by atoms with Crippen LogP contribution in [0.1, 0.15) is 24.9 Å². The maximum absolute atomic E-state index is 5.87. The van der Waals surface area contributed by atoms with Crippen LogP contribution in [-0.4, -0.2) is 32.5 Å². The van der Waals surface area contributed by atoms with Gasteiger partial charge in [-0.25, -0.2) is 0 Å². The summed E-state index contributed by atoms with van der Waals surface area (Å²) in [5.74, 6) is 1.82. The Balaban J connectivity index is 1.71. The van der Waals surface area contributed by atoms with Gasteiger partial charge in [0.05, 0.1) is 19.3 Å². The maximum atomic E-state index is 5.87. The van der Waals surface area contributed by atoms with Gasteiger partial charge in [-0.05, 0) is 18.7 Å². The zero-order valence-electron chi connectivity index (χ0n) is 10.6. The van der Waals surface area contributed by atoms with E-state index in [1.54, 1.807) is 0 Å². The van der Waals surface area contributed by atoms with E-state index in [4.69, 9.17) is 14.2 Å². The lowest BCUT2D eigenvalue weighted by Gasteiger charge is -2.13. The summed E-state index contributed by atoms with van der Waals surface area (Å²) in [6, 6.07) is 6.43. The molecular weight excluding hydrogens is 230 g/mol. The van der Waals surface area contributed by atoms with E-state index in [0.29, 0.717) is 19.3 Å². The van der Waals surface area contributed by atoms with Crippen LogP contribution in [0.2, 0.25) is 0 Å². The molecule has 98 valence electrons. The van der Waals surface area contributed by atoms with Crippen molar-refractivity contribution in [1.82, 2.24) is 5.32 Å². The van der Waals surface area contributed by atoms with E-state index in [9.17, 15) is 0 Å². The highest BCUT2D eigenvalue weighted by molar-refractivity contribution is 5.45. The van der Waals surface area contributed by atoms with Crippen LogP contribution >= 0.6 is 0 Å². The molecule has 0 spiro atoms. The third-order valence-electron chi connectivity index (χ3n) is 3.41. The fourth-order valence-electron chi connectivity index (χ4n) is 2.48. The molecule has 2 aliphatic heterocycles. The van der Waals surface area contributed by atoms with Crippen LogP contribution in [0.25, 0.3) is 0 Å². The molecule has 0 radical (unpaired) electrons. The highest BCUT2D eigenvalue weighted by Gasteiger charge is 2.24. The summed E-state index contributed by atoms with van der Waals surface area (Å²) in [6.45, 7) is 5.26. The lowest BCUT2D eigenvalue weighted by Crippen LogP contribution is -2.21. The summed E-state index contributed by atoms with van der Waals surface area (Å²) in [5, 5.41) is 3.41. The third kappa shape index (κ3) is 2.31. The Morgan fingerprint density at radius 3 is 3.11 bits per heavy atom. The van der Waals surface area contributed by atoms with Gasteiger partial charge in [0.2, 0.25) is 0 Å². The van der Waals surface area contributed by atoms with Crippen LogP contribution in [0.4, 0.5) is 0 Å². The van der Waals surface area contributed by atoms with E-state index in [2.05, 4.69) is 18.3 Å². The second kappa shape index (κ2) is 5.16. The first-order valence-electron chi connectivity index (χ1n) is 6.61. The van der Waals surface area contributed by atoms with Gasteiger partial charge in [-0.3, -0.25) is 0 Å². The Kier molecular flexibility index (Phi) is 3.39. The molecular formula is C14H19NO3. The fourth-order valence-corrected chi connectivity index (χ4v) is 2.48. The summed E-state index contributed by atoms with van der Waals surface area (Å²) in [6.07, 6.45) is 1.16. The van der Waals surface area contributed by atoms with Crippen LogP contribution in [-0.2, 0) is 4.74 Å². The van der Waals surface area contributed by atoms with Gasteiger partial charge in [-0.2, -0.15) is 0 Å². The van der Waals surface area contributed by atoms with E-state index in [1.165, 1.54) is 5.56 Å². The van der Waals surface area contributed by atoms with Gasteiger partial charge in [-0.15, -0.1) is 0 Å². The lowest BCUT2D eigenvalue weighted by atomic mass is 10.1. The monoisotopic (exact) mass is 249 g/mol. The normalized spacial score (nSPS) is 25.8. The van der Waals surface area contributed by atoms with Crippen molar-refractivity contribution in [3.63, 3.8) is 0 Å². The van der Waals surface area contributed by atoms with Gasteiger partial charge < -0.3 is 19.5 Å². The Labute approximate surface area is 107 Å². The molecule has 1 aromatic rings. The van der Waals surface area contributed by atoms with E-state index >= 15 is 0 Å². The van der Waals surface area contributed by atoms with E-state index in [1.807, 2.05) is 12.1 Å². The first kappa shape index (κ1) is 11.8. The number of nitrogens with one attached hydrogen (secondary N) is 1. The molecule has 0 amide bonds. The Bertz CT molecular complexity index is 416. The minimum absolute atomic E-state index is 0.189. The third-order valence-corrected chi connectivity index (χ3v) is 3.41. The number of likely N-dealkylation sites (N-methyl/N-ethyl adjacent to an activating group) is 1. The predicted molar refractivity (Wildman–Crippen MR) is 68.2 cm³/mol. The molecule has 1 aromatic carbocycles. The van der Waals surface area contributed by atoms with Crippen molar-refractivity contribution in [1.29, 1.82) is 0 Å². The number of hydrogen-bond acceptors (Lipinski definition) is 4. The molecule has 1 fully saturated rings. The second-order valence-electron chi connectivity index (χ2n) is 4.72. The summed E-state index contributed by atoms with van der Waals surface area (Å²) in [7, 11) is 0. The van der Waals surface area contributed by atoms with Crippen molar-refractivity contribution in [2.75, 3.05) is 26.4 Å². The SMILES string of the molecule is CCNC1COc2cc(OC3CCOC3)ccc21. The predicted octanol–water partition coefficient (Wildman–Crippen LogP) is 1.90. The fraction of sp³-hybridized carbons (Fsp3) is 0.571. The van der Waals surface area contributed by atoms with Crippen molar-refractivity contribution < 1.29 is 14.2 Å². The second-order valence-corrected chi connectivity index (χ2v) is 4.72. The molecule has 4 heteroatoms. The average molecular weight is 249 g/mol. The Morgan fingerprint density at radius 2 is 2.33 bits per heavy atom. The van der Waals surface area contributed by atoms with Crippen molar-refractivity contribution >= 4 is 0 Å². The Morgan fingerprint density at radius 1 is 1.39 bits per heavy atom. The summed E-state index contributed by atoms with van der Waals surface area (Å²) < 4.78 is 16.9. The number of ether oxygens (including phenoxy) is 3. The van der Waals surface area contributed by atoms with Gasteiger partial charge in [0, 0.05) is 18.1 Å². The molecule has 1 N–H and O–H groups in total. The minimum Gasteiger partial charge on any atom is -0.491 e. The van der Waals surface area contributed by atoms with Crippen LogP contribution in [0.5, 0.6) is 11.5 Å². The van der Waals surface area contributed by atoms with Crippen LogP contribution in [0.15, 0.2) is 18.2 Å². The van der Waals surface area contributed by atoms with Gasteiger partial charge in [0.15, 0.2) is 0 Å². The smallest absolute Gasteiger partial charge is 0.128 e. The molecule has 0 bridgehead atoms. The molecule has 2 heterocycles. The lowest BCUT2D eigenvalue weighted by molar-refractivity contribution is 0.141. The number of fused-ring (bicyclic) bond motifs is 1. The number of rotatable bonds is 4. The minimum atomic E-state index is 0.189. The van der Waals surface area contributed by atoms with Crippen molar-refractivity contribution in [3.05, 3.63) is 23.8 Å². The average Bonchev–Trinajstić information content (AvgIpc) is 3.00. The topological polar surface area (TPSA) is 39.7 Å². The van der Waals surface area contributed by atoms with E-state index in [-0.39, 0.29) is 6.10 Å². The van der Waals surface area contributed by atoms with E-state index < -0.39 is 0 Å². The Hall–Kier alpha value is -1.26. The van der Waals surface area contributed by atoms with Gasteiger partial charge in [-0.1, -0.05) is 6.92 Å². The molecule has 0 aromatic heterocycles. The number of benzene rings is 1. The molecule has 2 atom stereocenters. The maximum Gasteiger partial charge on any atom is 0.128 e. The first-order chi connectivity index (χ1) is 8.86. The van der Waals surface area contributed by atoms with Crippen molar-refractivity contribution in [3.8, 4) is 11.5 Å². The zero-order valence-corrected chi connectivity index (χ0v) is 10.6. The molecule has 0 saturated carbocycles. The molecule has 1 saturated heterocycles. The van der Waals surface area contributed by atoms with Crippen LogP contribution < -0.4 is 14.8 Å². The molecule has 2 aliphatic rings. The van der Waals surface area contributed by atoms with Gasteiger partial charge in [0.1, 0.15) is 24.2 Å². The summed E-state index contributed by atoms with van der Waals surface area (Å²) in [4.78, 5) is 0. The van der Waals surface area contributed by atoms with Crippen LogP contribution in [0.3, 0.4) is 0 Å². The van der Waals surface area contributed by atoms with Crippen molar-refractivity contribution in [2.45, 2.75) is 25.5 Å². The summed E-state index contributed by atoms with van der Waals surface area (Å²) in [5.41, 5.74) is 1.23. The van der Waals surface area contributed by atoms with Gasteiger partial charge in [0.25, 0.3) is 0 Å². The van der Waals surface area contributed by atoms with Crippen molar-refractivity contribution in [2.24, 2.45) is 0 Å². The van der Waals surface area contributed by atoms with Crippen LogP contribution in [0, 0.1) is 0 Å². The molecule has 2 unspecified atom stereocenters. The largest absolute Gasteiger partial charge is 0.491 e. The highest BCUT2D eigenvalue weighted by Crippen LogP contribution is 2.35. The first-order valence-corrected chi connectivity index (χ1v) is 6.61. The molecule has 4 nitrogen and oxygen atoms in total. The molecule has 3 rings (SSSR count). The quantitative estimate of drug-likeness (QED) is 0.884. The molecule has 0 aliphatic carbocycles. The summed E-state index contributed by atoms with van der Waals surface area (Å²) >= 11 is 0. The molecule has 18 heavy (non-hydrogen) atoms. The van der Waals surface area contributed by atoms with Gasteiger partial charge >= 0.3 is 0 Å².